The molecule has 1 aromatic carbocycles. The average Bonchev–Trinajstić information content (AvgIpc) is 3.19. The highest BCUT2D eigenvalue weighted by Gasteiger charge is 2.24. The first-order valence-corrected chi connectivity index (χ1v) is 10.4. The van der Waals surface area contributed by atoms with Crippen LogP contribution >= 0.6 is 11.6 Å². The van der Waals surface area contributed by atoms with E-state index >= 15 is 0 Å². The molecule has 2 saturated heterocycles. The van der Waals surface area contributed by atoms with Gasteiger partial charge in [-0.05, 0) is 45.1 Å². The number of hydrogen-bond acceptors (Lipinski definition) is 5. The Labute approximate surface area is 172 Å². The number of morpholine rings is 1. The molecule has 2 aliphatic rings. The first-order chi connectivity index (χ1) is 13.5. The van der Waals surface area contributed by atoms with Gasteiger partial charge in [0.05, 0.1) is 30.7 Å². The summed E-state index contributed by atoms with van der Waals surface area (Å²) in [5.74, 6) is 0. The van der Waals surface area contributed by atoms with E-state index in [0.29, 0.717) is 31.3 Å². The van der Waals surface area contributed by atoms with Crippen LogP contribution in [0, 0.1) is 0 Å². The molecule has 156 valence electrons. The van der Waals surface area contributed by atoms with E-state index in [9.17, 15) is 4.79 Å². The van der Waals surface area contributed by atoms with Gasteiger partial charge in [-0.3, -0.25) is 0 Å². The van der Waals surface area contributed by atoms with Crippen LogP contribution < -0.4 is 10.2 Å². The first-order valence-electron chi connectivity index (χ1n) is 9.97. The van der Waals surface area contributed by atoms with Gasteiger partial charge in [0, 0.05) is 44.4 Å². The summed E-state index contributed by atoms with van der Waals surface area (Å²) in [4.78, 5) is 19.3. The highest BCUT2D eigenvalue weighted by molar-refractivity contribution is 6.31. The number of rotatable bonds is 7. The summed E-state index contributed by atoms with van der Waals surface area (Å²) in [5.41, 5.74) is 1.72. The van der Waals surface area contributed by atoms with Crippen molar-refractivity contribution in [2.24, 2.45) is 0 Å². The van der Waals surface area contributed by atoms with E-state index in [2.05, 4.69) is 15.1 Å². The molecule has 0 spiro atoms. The molecule has 1 unspecified atom stereocenters. The molecule has 2 heterocycles. The van der Waals surface area contributed by atoms with Crippen LogP contribution in [0.15, 0.2) is 18.2 Å². The molecule has 7 nitrogen and oxygen atoms in total. The number of carbonyl (C=O) groups excluding carboxylic acids is 1. The van der Waals surface area contributed by atoms with Crippen molar-refractivity contribution in [3.63, 3.8) is 0 Å². The SMILES string of the molecule is CN(C)CCN(CC1CCCO1)C(=O)Nc1cc(Cl)ccc1N1CCOCC1. The molecule has 0 aliphatic carbocycles. The Hall–Kier alpha value is -1.54. The summed E-state index contributed by atoms with van der Waals surface area (Å²) in [6.07, 6.45) is 2.18. The third kappa shape index (κ3) is 5.98. The second-order valence-corrected chi connectivity index (χ2v) is 8.01. The first kappa shape index (κ1) is 21.2. The maximum Gasteiger partial charge on any atom is 0.322 e. The van der Waals surface area contributed by atoms with Crippen LogP contribution in [0.2, 0.25) is 5.02 Å². The van der Waals surface area contributed by atoms with Crippen molar-refractivity contribution in [1.82, 2.24) is 9.80 Å². The topological polar surface area (TPSA) is 57.3 Å². The van der Waals surface area contributed by atoms with Crippen molar-refractivity contribution in [1.29, 1.82) is 0 Å². The predicted molar refractivity (Wildman–Crippen MR) is 113 cm³/mol. The number of hydrogen-bond donors (Lipinski definition) is 1. The highest BCUT2D eigenvalue weighted by atomic mass is 35.5. The molecule has 3 rings (SSSR count). The number of likely N-dealkylation sites (N-methyl/N-ethyl adjacent to an activating group) is 1. The minimum absolute atomic E-state index is 0.117. The Balaban J connectivity index is 1.72. The minimum Gasteiger partial charge on any atom is -0.378 e. The standard InChI is InChI=1S/C20H31ClN4O3/c1-23(2)7-8-25(15-17-4-3-11-28-17)20(26)22-18-14-16(21)5-6-19(18)24-9-12-27-13-10-24/h5-6,14,17H,3-4,7-13,15H2,1-2H3,(H,22,26). The van der Waals surface area contributed by atoms with Crippen LogP contribution in [0.3, 0.4) is 0 Å². The molecule has 8 heteroatoms. The Kier molecular flexibility index (Phi) is 7.79. The van der Waals surface area contributed by atoms with Crippen LogP contribution in [-0.2, 0) is 9.47 Å². The number of halogens is 1. The lowest BCUT2D eigenvalue weighted by Crippen LogP contribution is -2.44. The molecular weight excluding hydrogens is 380 g/mol. The number of benzene rings is 1. The van der Waals surface area contributed by atoms with Gasteiger partial charge < -0.3 is 29.5 Å². The van der Waals surface area contributed by atoms with Crippen LogP contribution in [-0.4, -0.2) is 88.6 Å². The van der Waals surface area contributed by atoms with Gasteiger partial charge in [-0.25, -0.2) is 4.79 Å². The minimum atomic E-state index is -0.117. The van der Waals surface area contributed by atoms with Gasteiger partial charge in [0.2, 0.25) is 0 Å². The molecule has 1 atom stereocenters. The number of nitrogens with zero attached hydrogens (tertiary/aromatic N) is 3. The average molecular weight is 411 g/mol. The van der Waals surface area contributed by atoms with Crippen molar-refractivity contribution in [2.45, 2.75) is 18.9 Å². The fourth-order valence-electron chi connectivity index (χ4n) is 3.51. The van der Waals surface area contributed by atoms with E-state index < -0.39 is 0 Å². The Morgan fingerprint density at radius 1 is 1.25 bits per heavy atom. The van der Waals surface area contributed by atoms with Crippen LogP contribution in [0.4, 0.5) is 16.2 Å². The molecular formula is C20H31ClN4O3. The van der Waals surface area contributed by atoms with E-state index in [1.807, 2.05) is 37.2 Å². The van der Waals surface area contributed by atoms with Gasteiger partial charge in [0.1, 0.15) is 0 Å². The van der Waals surface area contributed by atoms with Crippen molar-refractivity contribution in [3.05, 3.63) is 23.2 Å². The van der Waals surface area contributed by atoms with Gasteiger partial charge in [-0.1, -0.05) is 11.6 Å². The zero-order valence-corrected chi connectivity index (χ0v) is 17.6. The number of anilines is 2. The number of amides is 2. The van der Waals surface area contributed by atoms with Gasteiger partial charge in [-0.15, -0.1) is 0 Å². The van der Waals surface area contributed by atoms with Gasteiger partial charge in [0.25, 0.3) is 0 Å². The van der Waals surface area contributed by atoms with Crippen molar-refractivity contribution in [3.8, 4) is 0 Å². The Morgan fingerprint density at radius 3 is 2.71 bits per heavy atom. The molecule has 1 N–H and O–H groups in total. The monoisotopic (exact) mass is 410 g/mol. The second kappa shape index (κ2) is 10.3. The summed E-state index contributed by atoms with van der Waals surface area (Å²) in [5, 5.41) is 3.70. The van der Waals surface area contributed by atoms with E-state index in [1.165, 1.54) is 0 Å². The zero-order valence-electron chi connectivity index (χ0n) is 16.8. The van der Waals surface area contributed by atoms with E-state index in [-0.39, 0.29) is 12.1 Å². The third-order valence-corrected chi connectivity index (χ3v) is 5.34. The summed E-state index contributed by atoms with van der Waals surface area (Å²) in [6.45, 7) is 5.79. The van der Waals surface area contributed by atoms with Gasteiger partial charge in [-0.2, -0.15) is 0 Å². The molecule has 0 saturated carbocycles. The highest BCUT2D eigenvalue weighted by Crippen LogP contribution is 2.30. The smallest absolute Gasteiger partial charge is 0.322 e. The summed E-state index contributed by atoms with van der Waals surface area (Å²) in [6, 6.07) is 5.53. The maximum absolute atomic E-state index is 13.1. The maximum atomic E-state index is 13.1. The van der Waals surface area contributed by atoms with E-state index in [0.717, 1.165) is 50.5 Å². The van der Waals surface area contributed by atoms with Crippen LogP contribution in [0.5, 0.6) is 0 Å². The summed E-state index contributed by atoms with van der Waals surface area (Å²) in [7, 11) is 4.02. The van der Waals surface area contributed by atoms with Crippen LogP contribution in [0.1, 0.15) is 12.8 Å². The molecule has 2 aliphatic heterocycles. The lowest BCUT2D eigenvalue weighted by molar-refractivity contribution is 0.0820. The van der Waals surface area contributed by atoms with E-state index in [4.69, 9.17) is 21.1 Å². The number of carbonyl (C=O) groups is 1. The Bertz CT molecular complexity index is 646. The number of ether oxygens (including phenoxy) is 2. The predicted octanol–water partition coefficient (Wildman–Crippen LogP) is 2.75. The van der Waals surface area contributed by atoms with Crippen molar-refractivity contribution >= 4 is 29.0 Å². The van der Waals surface area contributed by atoms with Gasteiger partial charge >= 0.3 is 6.03 Å². The fraction of sp³-hybridized carbons (Fsp3) is 0.650. The fourth-order valence-corrected chi connectivity index (χ4v) is 3.69. The zero-order chi connectivity index (χ0) is 19.9. The molecule has 2 fully saturated rings. The quantitative estimate of drug-likeness (QED) is 0.749. The summed E-state index contributed by atoms with van der Waals surface area (Å²) < 4.78 is 11.2. The number of nitrogens with one attached hydrogen (secondary N) is 1. The third-order valence-electron chi connectivity index (χ3n) is 5.10. The van der Waals surface area contributed by atoms with E-state index in [1.54, 1.807) is 0 Å². The number of urea groups is 1. The molecule has 0 radical (unpaired) electrons. The Morgan fingerprint density at radius 2 is 2.04 bits per heavy atom. The molecule has 0 bridgehead atoms. The molecule has 0 aromatic heterocycles. The lowest BCUT2D eigenvalue weighted by atomic mass is 10.2. The normalized spacial score (nSPS) is 19.9. The van der Waals surface area contributed by atoms with Crippen LogP contribution in [0.25, 0.3) is 0 Å². The van der Waals surface area contributed by atoms with Crippen molar-refractivity contribution in [2.75, 3.05) is 76.9 Å². The molecule has 28 heavy (non-hydrogen) atoms. The second-order valence-electron chi connectivity index (χ2n) is 7.58. The van der Waals surface area contributed by atoms with Crippen molar-refractivity contribution < 1.29 is 14.3 Å². The largest absolute Gasteiger partial charge is 0.378 e. The molecule has 2 amide bonds. The summed E-state index contributed by atoms with van der Waals surface area (Å²) >= 11 is 6.22. The van der Waals surface area contributed by atoms with Gasteiger partial charge in [0.15, 0.2) is 0 Å². The lowest BCUT2D eigenvalue weighted by Gasteiger charge is -2.32. The molecule has 1 aromatic rings.